The molecule has 0 saturated carbocycles. The monoisotopic (exact) mass is 269 g/mol. The first-order valence-corrected chi connectivity index (χ1v) is 8.11. The van der Waals surface area contributed by atoms with Crippen molar-refractivity contribution in [2.24, 2.45) is 5.73 Å². The van der Waals surface area contributed by atoms with Gasteiger partial charge in [0.1, 0.15) is 22.2 Å². The zero-order chi connectivity index (χ0) is 13.2. The van der Waals surface area contributed by atoms with Crippen molar-refractivity contribution in [3.63, 3.8) is 0 Å². The molecule has 1 aliphatic rings. The van der Waals surface area contributed by atoms with E-state index in [1.807, 2.05) is 24.3 Å². The van der Waals surface area contributed by atoms with Gasteiger partial charge in [0.05, 0.1) is 5.54 Å². The first-order valence-electron chi connectivity index (χ1n) is 6.05. The summed E-state index contributed by atoms with van der Waals surface area (Å²) < 4.78 is 27.9. The summed E-state index contributed by atoms with van der Waals surface area (Å²) >= 11 is 0. The second-order valence-corrected chi connectivity index (χ2v) is 7.43. The molecule has 0 bridgehead atoms. The van der Waals surface area contributed by atoms with Crippen LogP contribution in [0.15, 0.2) is 24.3 Å². The van der Waals surface area contributed by atoms with E-state index in [2.05, 4.69) is 0 Å². The first kappa shape index (κ1) is 13.4. The topological polar surface area (TPSA) is 69.4 Å². The van der Waals surface area contributed by atoms with Crippen molar-refractivity contribution < 1.29 is 13.2 Å². The van der Waals surface area contributed by atoms with Gasteiger partial charge < -0.3 is 10.5 Å². The summed E-state index contributed by atoms with van der Waals surface area (Å²) in [5.74, 6) is 1.08. The number of rotatable bonds is 4. The molecule has 5 heteroatoms. The molecule has 1 aromatic rings. The van der Waals surface area contributed by atoms with Gasteiger partial charge in [0.2, 0.25) is 0 Å². The maximum absolute atomic E-state index is 11.1. The minimum Gasteiger partial charge on any atom is -0.491 e. The third kappa shape index (κ3) is 3.46. The standard InChI is InChI=1S/C13H19NO3S/c1-18(15,16)8-4-7-13(14)9-11-5-2-3-6-12(11)17-10-13/h2-3,5-6H,4,7-10,14H2,1H3. The molecule has 0 spiro atoms. The van der Waals surface area contributed by atoms with Crippen molar-refractivity contribution in [1.29, 1.82) is 0 Å². The summed E-state index contributed by atoms with van der Waals surface area (Å²) in [5.41, 5.74) is 6.94. The molecule has 1 unspecified atom stereocenters. The predicted molar refractivity (Wildman–Crippen MR) is 71.5 cm³/mol. The summed E-state index contributed by atoms with van der Waals surface area (Å²) in [6, 6.07) is 7.84. The van der Waals surface area contributed by atoms with Crippen LogP contribution in [0.1, 0.15) is 18.4 Å². The SMILES string of the molecule is CS(=O)(=O)CCCC1(N)COc2ccccc2C1. The Morgan fingerprint density at radius 3 is 2.83 bits per heavy atom. The summed E-state index contributed by atoms with van der Waals surface area (Å²) in [7, 11) is -2.91. The van der Waals surface area contributed by atoms with Crippen LogP contribution in [-0.4, -0.2) is 32.6 Å². The highest BCUT2D eigenvalue weighted by Crippen LogP contribution is 2.30. The zero-order valence-corrected chi connectivity index (χ0v) is 11.4. The highest BCUT2D eigenvalue weighted by atomic mass is 32.2. The van der Waals surface area contributed by atoms with Crippen molar-refractivity contribution in [2.75, 3.05) is 18.6 Å². The van der Waals surface area contributed by atoms with E-state index in [4.69, 9.17) is 10.5 Å². The third-order valence-corrected chi connectivity index (χ3v) is 4.25. The average Bonchev–Trinajstić information content (AvgIpc) is 2.27. The van der Waals surface area contributed by atoms with Crippen LogP contribution in [0.2, 0.25) is 0 Å². The number of nitrogens with two attached hydrogens (primary N) is 1. The molecule has 1 atom stereocenters. The van der Waals surface area contributed by atoms with E-state index in [0.29, 0.717) is 19.4 Å². The number of fused-ring (bicyclic) bond motifs is 1. The van der Waals surface area contributed by atoms with Crippen molar-refractivity contribution in [3.05, 3.63) is 29.8 Å². The molecule has 0 amide bonds. The van der Waals surface area contributed by atoms with Gasteiger partial charge in [0.15, 0.2) is 0 Å². The number of sulfone groups is 1. The lowest BCUT2D eigenvalue weighted by Crippen LogP contribution is -2.50. The number of hydrogen-bond acceptors (Lipinski definition) is 4. The predicted octanol–water partition coefficient (Wildman–Crippen LogP) is 1.14. The van der Waals surface area contributed by atoms with Crippen LogP contribution in [-0.2, 0) is 16.3 Å². The molecule has 18 heavy (non-hydrogen) atoms. The minimum atomic E-state index is -2.91. The normalized spacial score (nSPS) is 23.2. The van der Waals surface area contributed by atoms with Crippen molar-refractivity contribution in [3.8, 4) is 5.75 Å². The van der Waals surface area contributed by atoms with Gasteiger partial charge in [-0.3, -0.25) is 0 Å². The van der Waals surface area contributed by atoms with Crippen molar-refractivity contribution in [1.82, 2.24) is 0 Å². The number of benzene rings is 1. The summed E-state index contributed by atoms with van der Waals surface area (Å²) in [6.45, 7) is 0.452. The van der Waals surface area contributed by atoms with Crippen LogP contribution in [0.25, 0.3) is 0 Å². The fraction of sp³-hybridized carbons (Fsp3) is 0.538. The number of ether oxygens (including phenoxy) is 1. The molecule has 2 rings (SSSR count). The Bertz CT molecular complexity index is 527. The second-order valence-electron chi connectivity index (χ2n) is 5.17. The second kappa shape index (κ2) is 4.90. The van der Waals surface area contributed by atoms with Gasteiger partial charge in [-0.25, -0.2) is 8.42 Å². The quantitative estimate of drug-likeness (QED) is 0.890. The lowest BCUT2D eigenvalue weighted by Gasteiger charge is -2.34. The number of para-hydroxylation sites is 1. The van der Waals surface area contributed by atoms with Crippen LogP contribution >= 0.6 is 0 Å². The van der Waals surface area contributed by atoms with E-state index in [1.54, 1.807) is 0 Å². The Morgan fingerprint density at radius 2 is 2.11 bits per heavy atom. The van der Waals surface area contributed by atoms with Gasteiger partial charge >= 0.3 is 0 Å². The summed E-state index contributed by atoms with van der Waals surface area (Å²) in [4.78, 5) is 0. The van der Waals surface area contributed by atoms with E-state index in [0.717, 1.165) is 17.7 Å². The Morgan fingerprint density at radius 1 is 1.39 bits per heavy atom. The van der Waals surface area contributed by atoms with Gasteiger partial charge in [-0.1, -0.05) is 18.2 Å². The molecule has 0 aliphatic carbocycles. The molecule has 0 saturated heterocycles. The van der Waals surface area contributed by atoms with Crippen LogP contribution < -0.4 is 10.5 Å². The van der Waals surface area contributed by atoms with Crippen LogP contribution in [0.3, 0.4) is 0 Å². The molecule has 1 aliphatic heterocycles. The molecule has 0 radical (unpaired) electrons. The van der Waals surface area contributed by atoms with Gasteiger partial charge in [-0.05, 0) is 30.9 Å². The highest BCUT2D eigenvalue weighted by molar-refractivity contribution is 7.90. The molecular formula is C13H19NO3S. The number of hydrogen-bond donors (Lipinski definition) is 1. The smallest absolute Gasteiger partial charge is 0.147 e. The molecule has 1 aromatic carbocycles. The van der Waals surface area contributed by atoms with Crippen molar-refractivity contribution in [2.45, 2.75) is 24.8 Å². The lowest BCUT2D eigenvalue weighted by molar-refractivity contribution is 0.181. The van der Waals surface area contributed by atoms with Gasteiger partial charge in [-0.15, -0.1) is 0 Å². The molecule has 0 fully saturated rings. The highest BCUT2D eigenvalue weighted by Gasteiger charge is 2.31. The van der Waals surface area contributed by atoms with E-state index in [-0.39, 0.29) is 5.75 Å². The molecule has 100 valence electrons. The fourth-order valence-electron chi connectivity index (χ4n) is 2.29. The molecule has 1 heterocycles. The van der Waals surface area contributed by atoms with Gasteiger partial charge in [0, 0.05) is 12.0 Å². The fourth-order valence-corrected chi connectivity index (χ4v) is 2.96. The molecule has 4 nitrogen and oxygen atoms in total. The van der Waals surface area contributed by atoms with E-state index < -0.39 is 15.4 Å². The summed E-state index contributed by atoms with van der Waals surface area (Å²) in [5, 5.41) is 0. The third-order valence-electron chi connectivity index (χ3n) is 3.22. The van der Waals surface area contributed by atoms with E-state index in [9.17, 15) is 8.42 Å². The molecule has 2 N–H and O–H groups in total. The lowest BCUT2D eigenvalue weighted by atomic mass is 9.86. The maximum atomic E-state index is 11.1. The van der Waals surface area contributed by atoms with E-state index >= 15 is 0 Å². The Kier molecular flexibility index (Phi) is 3.64. The van der Waals surface area contributed by atoms with Crippen LogP contribution in [0, 0.1) is 0 Å². The van der Waals surface area contributed by atoms with Crippen LogP contribution in [0.5, 0.6) is 5.75 Å². The average molecular weight is 269 g/mol. The maximum Gasteiger partial charge on any atom is 0.147 e. The van der Waals surface area contributed by atoms with Gasteiger partial charge in [0.25, 0.3) is 0 Å². The minimum absolute atomic E-state index is 0.188. The Balaban J connectivity index is 1.98. The first-order chi connectivity index (χ1) is 8.38. The molecular weight excluding hydrogens is 250 g/mol. The largest absolute Gasteiger partial charge is 0.491 e. The van der Waals surface area contributed by atoms with Gasteiger partial charge in [-0.2, -0.15) is 0 Å². The van der Waals surface area contributed by atoms with E-state index in [1.165, 1.54) is 6.26 Å². The van der Waals surface area contributed by atoms with Crippen LogP contribution in [0.4, 0.5) is 0 Å². The summed E-state index contributed by atoms with van der Waals surface area (Å²) in [6.07, 6.45) is 3.24. The zero-order valence-electron chi connectivity index (χ0n) is 10.6. The Labute approximate surface area is 108 Å². The molecule has 0 aromatic heterocycles. The Hall–Kier alpha value is -1.07. The van der Waals surface area contributed by atoms with Crippen molar-refractivity contribution >= 4 is 9.84 Å².